The number of benzene rings is 1. The molecule has 0 radical (unpaired) electrons. The highest BCUT2D eigenvalue weighted by molar-refractivity contribution is 5.85. The van der Waals surface area contributed by atoms with Crippen LogP contribution in [0.3, 0.4) is 0 Å². The molecular weight excluding hydrogens is 294 g/mol. The van der Waals surface area contributed by atoms with Crippen LogP contribution in [-0.2, 0) is 0 Å². The summed E-state index contributed by atoms with van der Waals surface area (Å²) in [4.78, 5) is 19.0. The highest BCUT2D eigenvalue weighted by Gasteiger charge is 2.14. The monoisotopic (exact) mass is 309 g/mol. The Balaban J connectivity index is 0.00000161. The number of aromatic nitrogens is 2. The molecule has 3 rings (SSSR count). The number of nitro groups is 1. The van der Waals surface area contributed by atoms with Crippen molar-refractivity contribution in [3.63, 3.8) is 0 Å². The molecule has 2 N–H and O–H groups in total. The Morgan fingerprint density at radius 1 is 1.38 bits per heavy atom. The highest BCUT2D eigenvalue weighted by Crippen LogP contribution is 2.19. The molecule has 1 saturated heterocycles. The quantitative estimate of drug-likeness (QED) is 0.666. The van der Waals surface area contributed by atoms with Gasteiger partial charge in [-0.05, 0) is 25.5 Å². The summed E-state index contributed by atoms with van der Waals surface area (Å²) < 4.78 is 0. The van der Waals surface area contributed by atoms with Crippen LogP contribution in [0.1, 0.15) is 12.8 Å². The molecule has 0 unspecified atom stereocenters. The van der Waals surface area contributed by atoms with E-state index in [-0.39, 0.29) is 18.1 Å². The third-order valence-electron chi connectivity index (χ3n) is 3.39. The molecule has 2 heterocycles. The number of piperidine rings is 1. The average molecular weight is 310 g/mol. The fraction of sp³-hybridized carbons (Fsp3) is 0.385. The van der Waals surface area contributed by atoms with E-state index in [9.17, 15) is 10.1 Å². The fourth-order valence-electron chi connectivity index (χ4n) is 2.37. The van der Waals surface area contributed by atoms with E-state index in [1.54, 1.807) is 12.3 Å². The van der Waals surface area contributed by atoms with Crippen LogP contribution in [-0.4, -0.2) is 34.0 Å². The van der Waals surface area contributed by atoms with Crippen LogP contribution in [0.5, 0.6) is 0 Å². The molecule has 1 fully saturated rings. The van der Waals surface area contributed by atoms with Gasteiger partial charge in [-0.1, -0.05) is 0 Å². The van der Waals surface area contributed by atoms with Crippen LogP contribution in [0.4, 0.5) is 11.5 Å². The average Bonchev–Trinajstić information content (AvgIpc) is 2.47. The minimum atomic E-state index is -0.430. The Bertz CT molecular complexity index is 645. The molecule has 1 aliphatic heterocycles. The second-order valence-electron chi connectivity index (χ2n) is 4.87. The number of nitro benzene ring substituents is 1. The lowest BCUT2D eigenvalue weighted by Gasteiger charge is -2.24. The zero-order valence-electron chi connectivity index (χ0n) is 11.3. The minimum absolute atomic E-state index is 0. The van der Waals surface area contributed by atoms with Gasteiger partial charge in [0.05, 0.1) is 22.2 Å². The number of anilines is 1. The lowest BCUT2D eigenvalue weighted by atomic mass is 10.1. The van der Waals surface area contributed by atoms with Gasteiger partial charge in [0.2, 0.25) is 0 Å². The van der Waals surface area contributed by atoms with Gasteiger partial charge in [0.15, 0.2) is 0 Å². The summed E-state index contributed by atoms with van der Waals surface area (Å²) >= 11 is 0. The topological polar surface area (TPSA) is 93.0 Å². The molecule has 0 spiro atoms. The normalized spacial score (nSPS) is 18.0. The van der Waals surface area contributed by atoms with E-state index in [0.717, 1.165) is 25.9 Å². The number of non-ortho nitro benzene ring substituents is 1. The zero-order valence-corrected chi connectivity index (χ0v) is 12.1. The lowest BCUT2D eigenvalue weighted by Crippen LogP contribution is -2.38. The molecule has 2 aromatic rings. The SMILES string of the molecule is Cl.O=[N+]([O-])c1ccc2nc(N[C@@H]3CCCNC3)cnc2c1. The molecule has 112 valence electrons. The van der Waals surface area contributed by atoms with Crippen LogP contribution in [0.15, 0.2) is 24.4 Å². The smallest absolute Gasteiger partial charge is 0.271 e. The fourth-order valence-corrected chi connectivity index (χ4v) is 2.37. The Labute approximate surface area is 127 Å². The summed E-state index contributed by atoms with van der Waals surface area (Å²) in [6.07, 6.45) is 3.87. The first-order valence-corrected chi connectivity index (χ1v) is 6.61. The molecular formula is C13H16ClN5O2. The van der Waals surface area contributed by atoms with Gasteiger partial charge in [-0.3, -0.25) is 15.1 Å². The summed E-state index contributed by atoms with van der Waals surface area (Å²) in [7, 11) is 0. The Morgan fingerprint density at radius 2 is 2.24 bits per heavy atom. The number of hydrogen-bond acceptors (Lipinski definition) is 6. The maximum atomic E-state index is 10.7. The van der Waals surface area contributed by atoms with Crippen LogP contribution in [0.25, 0.3) is 11.0 Å². The second kappa shape index (κ2) is 6.64. The van der Waals surface area contributed by atoms with Gasteiger partial charge in [-0.15, -0.1) is 12.4 Å². The third-order valence-corrected chi connectivity index (χ3v) is 3.39. The summed E-state index contributed by atoms with van der Waals surface area (Å²) in [5.41, 5.74) is 1.22. The number of fused-ring (bicyclic) bond motifs is 1. The van der Waals surface area contributed by atoms with E-state index in [4.69, 9.17) is 0 Å². The van der Waals surface area contributed by atoms with Crippen molar-refractivity contribution >= 4 is 34.9 Å². The van der Waals surface area contributed by atoms with Crippen LogP contribution < -0.4 is 10.6 Å². The van der Waals surface area contributed by atoms with Gasteiger partial charge >= 0.3 is 0 Å². The standard InChI is InChI=1S/C13H15N5O2.ClH/c19-18(20)10-3-4-11-12(6-10)15-8-13(17-11)16-9-2-1-5-14-7-9;/h3-4,6,8-9,14H,1-2,5,7H2,(H,16,17);1H/t9-;/m1./s1. The number of hydrogen-bond donors (Lipinski definition) is 2. The minimum Gasteiger partial charge on any atom is -0.365 e. The number of rotatable bonds is 3. The van der Waals surface area contributed by atoms with Crippen molar-refractivity contribution in [3.05, 3.63) is 34.5 Å². The highest BCUT2D eigenvalue weighted by atomic mass is 35.5. The van der Waals surface area contributed by atoms with Gasteiger partial charge in [0.1, 0.15) is 5.82 Å². The van der Waals surface area contributed by atoms with Crippen molar-refractivity contribution in [1.29, 1.82) is 0 Å². The molecule has 1 aromatic heterocycles. The summed E-state index contributed by atoms with van der Waals surface area (Å²) in [6, 6.07) is 4.87. The van der Waals surface area contributed by atoms with Gasteiger partial charge in [0.25, 0.3) is 5.69 Å². The maximum absolute atomic E-state index is 10.7. The predicted molar refractivity (Wildman–Crippen MR) is 83.0 cm³/mol. The maximum Gasteiger partial charge on any atom is 0.271 e. The van der Waals surface area contributed by atoms with Crippen molar-refractivity contribution in [3.8, 4) is 0 Å². The molecule has 0 aliphatic carbocycles. The number of halogens is 1. The van der Waals surface area contributed by atoms with E-state index >= 15 is 0 Å². The molecule has 0 amide bonds. The lowest BCUT2D eigenvalue weighted by molar-refractivity contribution is -0.384. The predicted octanol–water partition coefficient (Wildman–Crippen LogP) is 2.12. The summed E-state index contributed by atoms with van der Waals surface area (Å²) in [5, 5.41) is 17.4. The summed E-state index contributed by atoms with van der Waals surface area (Å²) in [5.74, 6) is 0.708. The van der Waals surface area contributed by atoms with Gasteiger partial charge in [0, 0.05) is 24.7 Å². The van der Waals surface area contributed by atoms with Crippen molar-refractivity contribution in [2.24, 2.45) is 0 Å². The first-order chi connectivity index (χ1) is 9.72. The summed E-state index contributed by atoms with van der Waals surface area (Å²) in [6.45, 7) is 1.98. The van der Waals surface area contributed by atoms with Crippen molar-refractivity contribution in [2.75, 3.05) is 18.4 Å². The van der Waals surface area contributed by atoms with E-state index in [1.165, 1.54) is 12.1 Å². The van der Waals surface area contributed by atoms with Crippen LogP contribution in [0, 0.1) is 10.1 Å². The molecule has 1 aromatic carbocycles. The van der Waals surface area contributed by atoms with Crippen molar-refractivity contribution in [2.45, 2.75) is 18.9 Å². The van der Waals surface area contributed by atoms with Crippen molar-refractivity contribution in [1.82, 2.24) is 15.3 Å². The Hall–Kier alpha value is -1.99. The molecule has 8 heteroatoms. The van der Waals surface area contributed by atoms with E-state index in [0.29, 0.717) is 22.9 Å². The molecule has 7 nitrogen and oxygen atoms in total. The van der Waals surface area contributed by atoms with Gasteiger partial charge in [-0.2, -0.15) is 0 Å². The van der Waals surface area contributed by atoms with E-state index in [1.807, 2.05) is 0 Å². The van der Waals surface area contributed by atoms with Crippen molar-refractivity contribution < 1.29 is 4.92 Å². The number of nitrogens with zero attached hydrogens (tertiary/aromatic N) is 3. The van der Waals surface area contributed by atoms with E-state index in [2.05, 4.69) is 20.6 Å². The largest absolute Gasteiger partial charge is 0.365 e. The molecule has 0 bridgehead atoms. The molecule has 0 saturated carbocycles. The Morgan fingerprint density at radius 3 is 2.95 bits per heavy atom. The van der Waals surface area contributed by atoms with Crippen LogP contribution in [0.2, 0.25) is 0 Å². The second-order valence-corrected chi connectivity index (χ2v) is 4.87. The Kier molecular flexibility index (Phi) is 4.87. The molecule has 1 aliphatic rings. The number of nitrogens with one attached hydrogen (secondary N) is 2. The van der Waals surface area contributed by atoms with Gasteiger partial charge in [-0.25, -0.2) is 4.98 Å². The third kappa shape index (κ3) is 3.56. The molecule has 1 atom stereocenters. The zero-order chi connectivity index (χ0) is 13.9. The first-order valence-electron chi connectivity index (χ1n) is 6.61. The van der Waals surface area contributed by atoms with E-state index < -0.39 is 4.92 Å². The van der Waals surface area contributed by atoms with Gasteiger partial charge < -0.3 is 10.6 Å². The first kappa shape index (κ1) is 15.4. The molecule has 21 heavy (non-hydrogen) atoms. The van der Waals surface area contributed by atoms with Crippen LogP contribution >= 0.6 is 12.4 Å².